The lowest BCUT2D eigenvalue weighted by Gasteiger charge is -2.23. The number of hydrogen-bond donors (Lipinski definition) is 0. The van der Waals surface area contributed by atoms with Gasteiger partial charge >= 0.3 is 0 Å². The summed E-state index contributed by atoms with van der Waals surface area (Å²) in [5, 5.41) is 23.5. The van der Waals surface area contributed by atoms with Crippen molar-refractivity contribution in [3.8, 4) is 89.0 Å². The molecule has 98 heavy (non-hydrogen) atoms. The monoisotopic (exact) mass is 1240 g/mol. The molecule has 4 aliphatic carbocycles. The molecule has 0 heterocycles. The molecule has 4 aliphatic rings. The van der Waals surface area contributed by atoms with Gasteiger partial charge < -0.3 is 0 Å². The highest BCUT2D eigenvalue weighted by molar-refractivity contribution is 6.47. The number of fused-ring (bicyclic) bond motifs is 23. The Morgan fingerprint density at radius 1 is 0.153 bits per heavy atom. The first kappa shape index (κ1) is 55.0. The van der Waals surface area contributed by atoms with E-state index >= 15 is 0 Å². The molecule has 460 valence electrons. The summed E-state index contributed by atoms with van der Waals surface area (Å²) in [6, 6.07) is 105. The molecule has 0 radical (unpaired) electrons. The Morgan fingerprint density at radius 3 is 0.663 bits per heavy atom. The highest BCUT2D eigenvalue weighted by atomic mass is 14.4. The summed E-state index contributed by atoms with van der Waals surface area (Å²) < 4.78 is 0. The van der Waals surface area contributed by atoms with Crippen molar-refractivity contribution in [2.75, 3.05) is 0 Å². The maximum Gasteiger partial charge on any atom is 0.0159 e. The molecule has 18 aromatic carbocycles. The molecule has 22 rings (SSSR count). The minimum Gasteiger partial charge on any atom is -0.0619 e. The average molecular weight is 1250 g/mol. The zero-order valence-corrected chi connectivity index (χ0v) is 56.4. The largest absolute Gasteiger partial charge is 0.0619 e. The van der Waals surface area contributed by atoms with Crippen molar-refractivity contribution < 1.29 is 0 Å². The summed E-state index contributed by atoms with van der Waals surface area (Å²) in [5.74, 6) is 0. The third kappa shape index (κ3) is 6.67. The summed E-state index contributed by atoms with van der Waals surface area (Å²) in [6.45, 7) is 19.4. The van der Waals surface area contributed by atoms with E-state index in [-0.39, 0.29) is 21.7 Å². The average Bonchev–Trinajstić information content (AvgIpc) is 1.50. The van der Waals surface area contributed by atoms with E-state index in [2.05, 4.69) is 322 Å². The first-order valence-electron chi connectivity index (χ1n) is 35.3. The van der Waals surface area contributed by atoms with Crippen molar-refractivity contribution in [2.24, 2.45) is 0 Å². The fourth-order valence-corrected chi connectivity index (χ4v) is 20.6. The van der Waals surface area contributed by atoms with Crippen molar-refractivity contribution in [3.05, 3.63) is 311 Å². The second kappa shape index (κ2) is 18.5. The molecule has 0 unspecified atom stereocenters. The highest BCUT2D eigenvalue weighted by Crippen LogP contribution is 2.61. The van der Waals surface area contributed by atoms with Crippen LogP contribution < -0.4 is 0 Å². The van der Waals surface area contributed by atoms with Crippen LogP contribution in [0, 0.1) is 0 Å². The molecule has 0 amide bonds. The molecule has 0 atom stereocenters. The number of benzene rings is 16. The molecular formula is C98H68. The van der Waals surface area contributed by atoms with Crippen molar-refractivity contribution >= 4 is 97.0 Å². The molecule has 0 aromatic heterocycles. The predicted molar refractivity (Wildman–Crippen MR) is 418 cm³/mol. The molecule has 18 aromatic rings. The van der Waals surface area contributed by atoms with E-state index < -0.39 is 0 Å². The van der Waals surface area contributed by atoms with Gasteiger partial charge in [0.2, 0.25) is 0 Å². The summed E-state index contributed by atoms with van der Waals surface area (Å²) >= 11 is 0. The third-order valence-corrected chi connectivity index (χ3v) is 25.1. The van der Waals surface area contributed by atoms with Crippen molar-refractivity contribution in [1.82, 2.24) is 0 Å². The van der Waals surface area contributed by atoms with Gasteiger partial charge in [-0.3, -0.25) is 0 Å². The van der Waals surface area contributed by atoms with Crippen LogP contribution in [0.2, 0.25) is 0 Å². The van der Waals surface area contributed by atoms with Gasteiger partial charge in [-0.25, -0.2) is 0 Å². The first-order valence-corrected chi connectivity index (χ1v) is 35.3. The minimum atomic E-state index is -0.176. The molecule has 0 saturated carbocycles. The summed E-state index contributed by atoms with van der Waals surface area (Å²) in [6.07, 6.45) is 0. The molecule has 0 nitrogen and oxygen atoms in total. The molecule has 0 aliphatic heterocycles. The lowest BCUT2D eigenvalue weighted by Crippen LogP contribution is -2.15. The van der Waals surface area contributed by atoms with Crippen LogP contribution in [0.15, 0.2) is 267 Å². The van der Waals surface area contributed by atoms with Crippen LogP contribution in [-0.4, -0.2) is 0 Å². The normalized spacial score (nSPS) is 15.5. The second-order valence-electron chi connectivity index (χ2n) is 31.2. The number of hydrogen-bond acceptors (Lipinski definition) is 0. The predicted octanol–water partition coefficient (Wildman–Crippen LogP) is 26.8. The van der Waals surface area contributed by atoms with Crippen molar-refractivity contribution in [1.29, 1.82) is 0 Å². The van der Waals surface area contributed by atoms with Gasteiger partial charge in [0.15, 0.2) is 0 Å². The third-order valence-electron chi connectivity index (χ3n) is 25.1. The van der Waals surface area contributed by atoms with Crippen LogP contribution in [-0.2, 0) is 21.7 Å². The lowest BCUT2D eigenvalue weighted by molar-refractivity contribution is 0.660. The van der Waals surface area contributed by atoms with Crippen LogP contribution >= 0.6 is 0 Å². The maximum atomic E-state index is 2.65. The van der Waals surface area contributed by atoms with Gasteiger partial charge in [-0.05, 0) is 267 Å². The molecule has 0 saturated heterocycles. The van der Waals surface area contributed by atoms with Gasteiger partial charge in [-0.1, -0.05) is 286 Å². The van der Waals surface area contributed by atoms with Crippen LogP contribution in [0.4, 0.5) is 0 Å². The van der Waals surface area contributed by atoms with E-state index in [1.807, 2.05) is 0 Å². The van der Waals surface area contributed by atoms with Gasteiger partial charge in [-0.15, -0.1) is 0 Å². The highest BCUT2D eigenvalue weighted by Gasteiger charge is 2.41. The van der Waals surface area contributed by atoms with E-state index in [1.54, 1.807) is 0 Å². The number of rotatable bonds is 4. The first-order chi connectivity index (χ1) is 47.7. The Morgan fingerprint density at radius 2 is 0.378 bits per heavy atom. The van der Waals surface area contributed by atoms with Crippen molar-refractivity contribution in [2.45, 2.75) is 77.0 Å². The van der Waals surface area contributed by atoms with Crippen LogP contribution in [0.25, 0.3) is 186 Å². The van der Waals surface area contributed by atoms with Crippen LogP contribution in [0.1, 0.15) is 99.9 Å². The minimum absolute atomic E-state index is 0.169. The molecule has 0 spiro atoms. The van der Waals surface area contributed by atoms with Gasteiger partial charge in [0, 0.05) is 21.7 Å². The topological polar surface area (TPSA) is 0 Å². The van der Waals surface area contributed by atoms with E-state index in [9.17, 15) is 0 Å². The van der Waals surface area contributed by atoms with Gasteiger partial charge in [-0.2, -0.15) is 0 Å². The summed E-state index contributed by atoms with van der Waals surface area (Å²) in [5.41, 5.74) is 31.4. The molecule has 0 fully saturated rings. The van der Waals surface area contributed by atoms with Gasteiger partial charge in [0.05, 0.1) is 0 Å². The Bertz CT molecular complexity index is 6300. The second-order valence-corrected chi connectivity index (χ2v) is 31.2. The summed E-state index contributed by atoms with van der Waals surface area (Å²) in [4.78, 5) is 0. The van der Waals surface area contributed by atoms with E-state index in [0.717, 1.165) is 0 Å². The quantitative estimate of drug-likeness (QED) is 0.154. The lowest BCUT2D eigenvalue weighted by atomic mass is 9.79. The van der Waals surface area contributed by atoms with Crippen LogP contribution in [0.5, 0.6) is 0 Å². The molecule has 0 N–H and O–H groups in total. The van der Waals surface area contributed by atoms with E-state index in [1.165, 1.54) is 230 Å². The Hall–Kier alpha value is -11.2. The zero-order valence-electron chi connectivity index (χ0n) is 56.4. The van der Waals surface area contributed by atoms with Gasteiger partial charge in [0.1, 0.15) is 0 Å². The van der Waals surface area contributed by atoms with Gasteiger partial charge in [0.25, 0.3) is 0 Å². The fourth-order valence-electron chi connectivity index (χ4n) is 20.6. The summed E-state index contributed by atoms with van der Waals surface area (Å²) in [7, 11) is 0. The standard InChI is InChI=1S/C98H68/c1-95(2)77-35-17-13-23-57(77)61-43-39-53(47-81(61)95)85-65-27-9-11-29-67(65)87(55-41-45-63-59-25-15-19-37-79(59)97(5,6)83(63)49-55)93-75-51-73-70-32-22-34-72-90(70)76(52-74(73)69-31-21-33-71(89(69)75)91(85)93)94-88(56-42-46-64-60-26-16-20-38-80(60)98(7,8)84(64)50-56)68-30-12-10-28-66(68)86(92(72)94)54-40-44-62-58-24-14-18-36-78(58)96(3,4)82(62)48-54/h9-52H,1-8H3. The molecular weight excluding hydrogens is 1180 g/mol. The van der Waals surface area contributed by atoms with E-state index in [4.69, 9.17) is 0 Å². The Kier molecular flexibility index (Phi) is 10.4. The fraction of sp³-hybridized carbons (Fsp3) is 0.122. The SMILES string of the molecule is CC1(C)c2ccccc2-c2ccc(-c3c4ccccc4c(-c4ccc5c(c4)C(C)(C)c4ccccc4-5)c4c5cc6c(cc7c8c(-c9ccc%10c(c9)C(C)(C)c9ccccc9-%10)c9ccccc9c(-c9ccc%10c(c9)C(C)(C)c9ccccc9-%10)c8c8cccc6c87)c6cccc(c34)c65)cc21. The van der Waals surface area contributed by atoms with Crippen LogP contribution in [0.3, 0.4) is 0 Å². The zero-order chi connectivity index (χ0) is 65.4. The van der Waals surface area contributed by atoms with Crippen molar-refractivity contribution in [3.63, 3.8) is 0 Å². The Labute approximate surface area is 570 Å². The molecule has 0 bridgehead atoms. The Balaban J connectivity index is 0.890. The molecule has 0 heteroatoms. The van der Waals surface area contributed by atoms with E-state index in [0.29, 0.717) is 0 Å². The maximum absolute atomic E-state index is 2.65. The smallest absolute Gasteiger partial charge is 0.0159 e.